The third kappa shape index (κ3) is 15.3. The lowest BCUT2D eigenvalue weighted by Gasteiger charge is -2.40. The highest BCUT2D eigenvalue weighted by Crippen LogP contribution is 2.36. The highest BCUT2D eigenvalue weighted by atomic mass is 16.5. The number of fused-ring (bicyclic) bond motifs is 1. The Morgan fingerprint density at radius 1 is 0.803 bits per heavy atom. The largest absolute Gasteiger partial charge is 0.494 e. The lowest BCUT2D eigenvalue weighted by atomic mass is 9.86. The number of imide groups is 1. The number of ether oxygens (including phenoxy) is 4. The van der Waals surface area contributed by atoms with Crippen LogP contribution in [0.3, 0.4) is 0 Å². The standard InChI is InChI=1S/C57H72N10O9/c1-40(59-53(70)43-12-10-13-44(38-43)63-57(25-29-66(2)30-26-57)56-62-52(64-65-56)42-23-27-58-28-24-42)41-17-19-45(20-18-41)76-33-9-4-3-7-31-73-34-36-75-37-35-74-32-8-5-6-16-50(68)60-48-15-11-14-46-47(48)39-67(55(46)72)49-21-22-51(69)61-54(49)71/h10-15,17-20,23-24,27-28,38,40,49,63H,3-9,16,21-22,25-26,29-37,39H2,1-2H3,(H,59,70)(H,60,68)(H,61,69,71)(H,62,64,65)/t40-,49?/m0/s1. The Bertz CT molecular complexity index is 2710. The predicted octanol–water partition coefficient (Wildman–Crippen LogP) is 7.34. The summed E-state index contributed by atoms with van der Waals surface area (Å²) in [6.07, 6.45) is 12.3. The van der Waals surface area contributed by atoms with Gasteiger partial charge < -0.3 is 44.7 Å². The van der Waals surface area contributed by atoms with Crippen molar-refractivity contribution in [3.05, 3.63) is 119 Å². The van der Waals surface area contributed by atoms with Crippen molar-refractivity contribution in [3.8, 4) is 17.1 Å². The second kappa shape index (κ2) is 27.6. The molecule has 2 saturated heterocycles. The number of nitrogens with zero attached hydrogens (tertiary/aromatic N) is 5. The lowest BCUT2D eigenvalue weighted by Crippen LogP contribution is -2.52. The highest BCUT2D eigenvalue weighted by Gasteiger charge is 2.41. The van der Waals surface area contributed by atoms with Crippen LogP contribution in [0.2, 0.25) is 0 Å². The van der Waals surface area contributed by atoms with E-state index in [0.29, 0.717) is 87.3 Å². The number of amides is 5. The van der Waals surface area contributed by atoms with Gasteiger partial charge in [0.25, 0.3) is 11.8 Å². The number of benzene rings is 3. The SMILES string of the molecule is C[C@H](NC(=O)c1cccc(NC2(c3nc(-c4ccncc4)n[nH]3)CCN(C)CC2)c1)c1ccc(OCCCCCCOCCOCCOCCCCCC(=O)Nc2cccc3c2CN(C2CCC(=O)NC2=O)C3=O)cc1. The zero-order valence-electron chi connectivity index (χ0n) is 43.8. The second-order valence-corrected chi connectivity index (χ2v) is 19.8. The van der Waals surface area contributed by atoms with Crippen LogP contribution in [-0.4, -0.2) is 132 Å². The van der Waals surface area contributed by atoms with Crippen LogP contribution in [0.15, 0.2) is 91.3 Å². The summed E-state index contributed by atoms with van der Waals surface area (Å²) < 4.78 is 23.1. The van der Waals surface area contributed by atoms with Gasteiger partial charge in [0.05, 0.1) is 44.6 Å². The van der Waals surface area contributed by atoms with Crippen molar-refractivity contribution in [2.45, 2.75) is 108 Å². The first-order valence-electron chi connectivity index (χ1n) is 26.8. The molecule has 404 valence electrons. The van der Waals surface area contributed by atoms with E-state index in [0.717, 1.165) is 92.8 Å². The number of unbranched alkanes of at least 4 members (excludes halogenated alkanes) is 5. The molecule has 5 aromatic rings. The number of carbonyl (C=O) groups excluding carboxylic acids is 5. The maximum Gasteiger partial charge on any atom is 0.255 e. The van der Waals surface area contributed by atoms with Gasteiger partial charge in [-0.15, -0.1) is 0 Å². The van der Waals surface area contributed by atoms with E-state index in [-0.39, 0.29) is 49.1 Å². The molecule has 0 aliphatic carbocycles. The van der Waals surface area contributed by atoms with Crippen molar-refractivity contribution < 1.29 is 42.9 Å². The van der Waals surface area contributed by atoms with Crippen molar-refractivity contribution in [2.24, 2.45) is 0 Å². The molecular weight excluding hydrogens is 969 g/mol. The first-order valence-corrected chi connectivity index (χ1v) is 26.8. The molecule has 19 nitrogen and oxygen atoms in total. The molecule has 3 aromatic carbocycles. The molecule has 0 spiro atoms. The molecule has 0 radical (unpaired) electrons. The number of hydrogen-bond donors (Lipinski definition) is 5. The molecule has 0 saturated carbocycles. The third-order valence-electron chi connectivity index (χ3n) is 14.2. The van der Waals surface area contributed by atoms with Gasteiger partial charge in [-0.25, -0.2) is 4.98 Å². The number of aromatic amines is 1. The monoisotopic (exact) mass is 1040 g/mol. The minimum absolute atomic E-state index is 0.134. The number of hydrogen-bond acceptors (Lipinski definition) is 14. The van der Waals surface area contributed by atoms with Crippen LogP contribution in [0, 0.1) is 0 Å². The van der Waals surface area contributed by atoms with Crippen molar-refractivity contribution in [1.82, 2.24) is 40.6 Å². The zero-order chi connectivity index (χ0) is 53.1. The van der Waals surface area contributed by atoms with Crippen molar-refractivity contribution in [3.63, 3.8) is 0 Å². The molecule has 2 atom stereocenters. The molecule has 3 aliphatic rings. The van der Waals surface area contributed by atoms with Crippen molar-refractivity contribution >= 4 is 40.9 Å². The number of H-pyrrole nitrogens is 1. The predicted molar refractivity (Wildman–Crippen MR) is 286 cm³/mol. The first kappa shape index (κ1) is 55.2. The summed E-state index contributed by atoms with van der Waals surface area (Å²) >= 11 is 0. The Balaban J connectivity index is 0.616. The van der Waals surface area contributed by atoms with Crippen molar-refractivity contribution in [1.29, 1.82) is 0 Å². The summed E-state index contributed by atoms with van der Waals surface area (Å²) in [4.78, 5) is 76.1. The van der Waals surface area contributed by atoms with Crippen LogP contribution in [0.4, 0.5) is 11.4 Å². The topological polar surface area (TPSA) is 231 Å². The van der Waals surface area contributed by atoms with E-state index in [9.17, 15) is 24.0 Å². The summed E-state index contributed by atoms with van der Waals surface area (Å²) in [6, 6.07) is 23.6. The molecular formula is C57H72N10O9. The van der Waals surface area contributed by atoms with E-state index < -0.39 is 17.5 Å². The van der Waals surface area contributed by atoms with Gasteiger partial charge in [0, 0.05) is 91.7 Å². The fourth-order valence-corrected chi connectivity index (χ4v) is 9.73. The van der Waals surface area contributed by atoms with Crippen LogP contribution in [-0.2, 0) is 40.7 Å². The number of likely N-dealkylation sites (tertiary alicyclic amines) is 1. The van der Waals surface area contributed by atoms with Gasteiger partial charge in [-0.1, -0.05) is 37.1 Å². The highest BCUT2D eigenvalue weighted by molar-refractivity contribution is 6.06. The molecule has 76 heavy (non-hydrogen) atoms. The number of aromatic nitrogens is 4. The molecule has 5 heterocycles. The molecule has 2 fully saturated rings. The van der Waals surface area contributed by atoms with Gasteiger partial charge in [-0.05, 0) is 125 Å². The maximum absolute atomic E-state index is 13.5. The van der Waals surface area contributed by atoms with Gasteiger partial charge in [0.2, 0.25) is 17.7 Å². The van der Waals surface area contributed by atoms with E-state index in [1.807, 2.05) is 67.6 Å². The fourth-order valence-electron chi connectivity index (χ4n) is 9.73. The summed E-state index contributed by atoms with van der Waals surface area (Å²) in [6.45, 7) is 7.89. The average Bonchev–Trinajstić information content (AvgIpc) is 4.07. The van der Waals surface area contributed by atoms with Gasteiger partial charge in [-0.2, -0.15) is 5.10 Å². The smallest absolute Gasteiger partial charge is 0.255 e. The maximum atomic E-state index is 13.5. The minimum Gasteiger partial charge on any atom is -0.494 e. The molecule has 5 N–H and O–H groups in total. The van der Waals surface area contributed by atoms with Gasteiger partial charge >= 0.3 is 0 Å². The van der Waals surface area contributed by atoms with E-state index in [1.165, 1.54) is 4.90 Å². The average molecular weight is 1040 g/mol. The second-order valence-electron chi connectivity index (χ2n) is 19.8. The molecule has 5 amide bonds. The minimum atomic E-state index is -0.705. The van der Waals surface area contributed by atoms with E-state index >= 15 is 0 Å². The number of anilines is 2. The Kier molecular flexibility index (Phi) is 20.1. The third-order valence-corrected chi connectivity index (χ3v) is 14.2. The zero-order valence-corrected chi connectivity index (χ0v) is 43.8. The number of pyridine rings is 1. The Labute approximate surface area is 444 Å². The van der Waals surface area contributed by atoms with Crippen LogP contribution < -0.4 is 26.0 Å². The van der Waals surface area contributed by atoms with Crippen LogP contribution >= 0.6 is 0 Å². The van der Waals surface area contributed by atoms with Gasteiger partial charge in [0.15, 0.2) is 11.6 Å². The molecule has 1 unspecified atom stereocenters. The lowest BCUT2D eigenvalue weighted by molar-refractivity contribution is -0.137. The van der Waals surface area contributed by atoms with Gasteiger partial charge in [-0.3, -0.25) is 39.4 Å². The molecule has 2 aromatic heterocycles. The van der Waals surface area contributed by atoms with Crippen LogP contribution in [0.25, 0.3) is 11.4 Å². The normalized spacial score (nSPS) is 16.7. The molecule has 19 heteroatoms. The Hall–Kier alpha value is -7.06. The van der Waals surface area contributed by atoms with Crippen LogP contribution in [0.1, 0.15) is 128 Å². The number of piperidine rings is 2. The fraction of sp³-hybridized carbons (Fsp3) is 0.474. The van der Waals surface area contributed by atoms with E-state index in [2.05, 4.69) is 48.4 Å². The van der Waals surface area contributed by atoms with Crippen molar-refractivity contribution in [2.75, 3.05) is 77.0 Å². The molecule has 8 rings (SSSR count). The Morgan fingerprint density at radius 2 is 1.49 bits per heavy atom. The molecule has 0 bridgehead atoms. The number of rotatable bonds is 29. The summed E-state index contributed by atoms with van der Waals surface area (Å²) in [5, 5.41) is 19.9. The number of nitrogens with one attached hydrogen (secondary N) is 5. The first-order chi connectivity index (χ1) is 37.0. The summed E-state index contributed by atoms with van der Waals surface area (Å²) in [5.41, 5.74) is 4.54. The van der Waals surface area contributed by atoms with Gasteiger partial charge in [0.1, 0.15) is 11.8 Å². The molecule has 3 aliphatic heterocycles. The number of carbonyl (C=O) groups is 5. The van der Waals surface area contributed by atoms with E-state index in [4.69, 9.17) is 23.9 Å². The van der Waals surface area contributed by atoms with Crippen LogP contribution in [0.5, 0.6) is 5.75 Å². The summed E-state index contributed by atoms with van der Waals surface area (Å²) in [5.74, 6) is 0.839. The Morgan fingerprint density at radius 3 is 2.21 bits per heavy atom. The quantitative estimate of drug-likeness (QED) is 0.0233. The summed E-state index contributed by atoms with van der Waals surface area (Å²) in [7, 11) is 2.12. The van der Waals surface area contributed by atoms with E-state index in [1.54, 1.807) is 30.6 Å².